The molecule has 0 amide bonds. The lowest BCUT2D eigenvalue weighted by Crippen LogP contribution is -2.29. The van der Waals surface area contributed by atoms with Gasteiger partial charge >= 0.3 is 0 Å². The van der Waals surface area contributed by atoms with Crippen LogP contribution in [0.25, 0.3) is 11.2 Å². The highest BCUT2D eigenvalue weighted by molar-refractivity contribution is 7.89. The molecule has 1 atom stereocenters. The molecule has 4 rings (SSSR count). The molecule has 3 aromatic rings. The zero-order valence-electron chi connectivity index (χ0n) is 17.2. The predicted octanol–water partition coefficient (Wildman–Crippen LogP) is 3.83. The number of hydrogen-bond donors (Lipinski definition) is 0. The van der Waals surface area contributed by atoms with Crippen molar-refractivity contribution in [2.75, 3.05) is 13.1 Å². The minimum absolute atomic E-state index is 0.0825. The number of nitrogens with zero attached hydrogens (tertiary/aromatic N) is 4. The molecule has 3 heterocycles. The van der Waals surface area contributed by atoms with Crippen molar-refractivity contribution in [3.8, 4) is 0 Å². The third-order valence-electron chi connectivity index (χ3n) is 5.57. The lowest BCUT2D eigenvalue weighted by atomic mass is 10.0. The standard InChI is InChI=1S/C22H28N4O2S/c1-4-26-21(24-20-6-5-12-23-22(20)26)18-11-13-25(15-18)29(27,28)19-9-7-17(8-10-19)14-16(2)3/h5-10,12,16,18H,4,11,13-15H2,1-3H3. The number of hydrogen-bond acceptors (Lipinski definition) is 4. The van der Waals surface area contributed by atoms with E-state index in [1.54, 1.807) is 22.6 Å². The van der Waals surface area contributed by atoms with Crippen LogP contribution >= 0.6 is 0 Å². The Morgan fingerprint density at radius 1 is 1.17 bits per heavy atom. The average molecular weight is 413 g/mol. The first-order valence-electron chi connectivity index (χ1n) is 10.3. The van der Waals surface area contributed by atoms with Crippen LogP contribution in [0.1, 0.15) is 44.5 Å². The lowest BCUT2D eigenvalue weighted by Gasteiger charge is -2.17. The number of fused-ring (bicyclic) bond motifs is 1. The molecule has 154 valence electrons. The van der Waals surface area contributed by atoms with Crippen LogP contribution in [-0.4, -0.2) is 40.3 Å². The molecule has 7 heteroatoms. The third kappa shape index (κ3) is 3.81. The molecule has 1 unspecified atom stereocenters. The van der Waals surface area contributed by atoms with Gasteiger partial charge in [-0.1, -0.05) is 26.0 Å². The molecule has 1 aliphatic heterocycles. The highest BCUT2D eigenvalue weighted by Gasteiger charge is 2.35. The number of aryl methyl sites for hydroxylation is 1. The zero-order valence-corrected chi connectivity index (χ0v) is 18.1. The number of rotatable bonds is 6. The smallest absolute Gasteiger partial charge is 0.243 e. The Morgan fingerprint density at radius 3 is 2.62 bits per heavy atom. The van der Waals surface area contributed by atoms with Crippen molar-refractivity contribution in [1.82, 2.24) is 18.8 Å². The Morgan fingerprint density at radius 2 is 1.93 bits per heavy atom. The highest BCUT2D eigenvalue weighted by Crippen LogP contribution is 2.32. The third-order valence-corrected chi connectivity index (χ3v) is 7.45. The fraction of sp³-hybridized carbons (Fsp3) is 0.455. The summed E-state index contributed by atoms with van der Waals surface area (Å²) in [4.78, 5) is 9.60. The van der Waals surface area contributed by atoms with Gasteiger partial charge in [0.1, 0.15) is 11.3 Å². The molecule has 0 radical (unpaired) electrons. The first-order valence-corrected chi connectivity index (χ1v) is 11.7. The van der Waals surface area contributed by atoms with E-state index in [9.17, 15) is 8.42 Å². The van der Waals surface area contributed by atoms with Crippen LogP contribution in [0, 0.1) is 5.92 Å². The van der Waals surface area contributed by atoms with Gasteiger partial charge in [-0.25, -0.2) is 18.4 Å². The van der Waals surface area contributed by atoms with Gasteiger partial charge in [0, 0.05) is 31.7 Å². The maximum atomic E-state index is 13.2. The van der Waals surface area contributed by atoms with Crippen molar-refractivity contribution in [1.29, 1.82) is 0 Å². The first kappa shape index (κ1) is 20.0. The molecule has 0 N–H and O–H groups in total. The Labute approximate surface area is 172 Å². The van der Waals surface area contributed by atoms with Gasteiger partial charge in [0.2, 0.25) is 10.0 Å². The number of sulfonamides is 1. The van der Waals surface area contributed by atoms with Gasteiger partial charge in [-0.2, -0.15) is 4.31 Å². The van der Waals surface area contributed by atoms with Crippen LogP contribution in [0.4, 0.5) is 0 Å². The lowest BCUT2D eigenvalue weighted by molar-refractivity contribution is 0.469. The number of imidazole rings is 1. The van der Waals surface area contributed by atoms with E-state index in [-0.39, 0.29) is 5.92 Å². The van der Waals surface area contributed by atoms with E-state index < -0.39 is 10.0 Å². The van der Waals surface area contributed by atoms with Gasteiger partial charge in [-0.05, 0) is 55.5 Å². The normalized spacial score (nSPS) is 18.1. The maximum absolute atomic E-state index is 13.2. The molecule has 0 saturated carbocycles. The summed E-state index contributed by atoms with van der Waals surface area (Å²) in [5.74, 6) is 1.56. The molecular weight excluding hydrogens is 384 g/mol. The van der Waals surface area contributed by atoms with Crippen LogP contribution in [0.5, 0.6) is 0 Å². The van der Waals surface area contributed by atoms with Crippen molar-refractivity contribution in [3.05, 3.63) is 54.0 Å². The van der Waals surface area contributed by atoms with E-state index in [0.29, 0.717) is 23.9 Å². The molecule has 29 heavy (non-hydrogen) atoms. The summed E-state index contributed by atoms with van der Waals surface area (Å²) in [6.07, 6.45) is 3.50. The second-order valence-electron chi connectivity index (χ2n) is 8.15. The molecule has 1 aromatic carbocycles. The van der Waals surface area contributed by atoms with Crippen molar-refractivity contribution in [2.45, 2.75) is 51.0 Å². The highest BCUT2D eigenvalue weighted by atomic mass is 32.2. The topological polar surface area (TPSA) is 68.1 Å². The quantitative estimate of drug-likeness (QED) is 0.617. The van der Waals surface area contributed by atoms with Crippen molar-refractivity contribution in [3.63, 3.8) is 0 Å². The molecule has 1 saturated heterocycles. The fourth-order valence-electron chi connectivity index (χ4n) is 4.17. The minimum Gasteiger partial charge on any atom is -0.313 e. The Bertz CT molecular complexity index is 1100. The van der Waals surface area contributed by atoms with E-state index in [1.165, 1.54) is 5.56 Å². The van der Waals surface area contributed by atoms with Crippen molar-refractivity contribution in [2.24, 2.45) is 5.92 Å². The van der Waals surface area contributed by atoms with Gasteiger partial charge in [-0.3, -0.25) is 0 Å². The molecule has 2 aromatic heterocycles. The molecule has 0 aliphatic carbocycles. The van der Waals surface area contributed by atoms with Gasteiger partial charge < -0.3 is 4.57 Å². The van der Waals surface area contributed by atoms with E-state index in [2.05, 4.69) is 30.3 Å². The van der Waals surface area contributed by atoms with Gasteiger partial charge in [-0.15, -0.1) is 0 Å². The van der Waals surface area contributed by atoms with Crippen LogP contribution in [0.3, 0.4) is 0 Å². The number of benzene rings is 1. The predicted molar refractivity (Wildman–Crippen MR) is 114 cm³/mol. The Kier molecular flexibility index (Phi) is 5.44. The molecule has 1 fully saturated rings. The fourth-order valence-corrected chi connectivity index (χ4v) is 5.67. The van der Waals surface area contributed by atoms with Crippen molar-refractivity contribution < 1.29 is 8.42 Å². The average Bonchev–Trinajstić information content (AvgIpc) is 3.33. The number of pyridine rings is 1. The Hall–Kier alpha value is -2.25. The second-order valence-corrected chi connectivity index (χ2v) is 10.1. The minimum atomic E-state index is -3.49. The summed E-state index contributed by atoms with van der Waals surface area (Å²) >= 11 is 0. The largest absolute Gasteiger partial charge is 0.313 e. The SMILES string of the molecule is CCn1c(C2CCN(S(=O)(=O)c3ccc(CC(C)C)cc3)C2)nc2cccnc21. The van der Waals surface area contributed by atoms with Crippen LogP contribution in [-0.2, 0) is 23.0 Å². The number of aromatic nitrogens is 3. The van der Waals surface area contributed by atoms with E-state index in [4.69, 9.17) is 4.98 Å². The Balaban J connectivity index is 1.56. The zero-order chi connectivity index (χ0) is 20.6. The molecular formula is C22H28N4O2S. The molecule has 1 aliphatic rings. The molecule has 0 bridgehead atoms. The monoisotopic (exact) mass is 412 g/mol. The van der Waals surface area contributed by atoms with Crippen LogP contribution < -0.4 is 0 Å². The summed E-state index contributed by atoms with van der Waals surface area (Å²) < 4.78 is 30.0. The van der Waals surface area contributed by atoms with Gasteiger partial charge in [0.25, 0.3) is 0 Å². The molecule has 0 spiro atoms. The van der Waals surface area contributed by atoms with Gasteiger partial charge in [0.15, 0.2) is 5.65 Å². The summed E-state index contributed by atoms with van der Waals surface area (Å²) in [6.45, 7) is 8.13. The van der Waals surface area contributed by atoms with Crippen LogP contribution in [0.15, 0.2) is 47.5 Å². The second kappa shape index (κ2) is 7.88. The van der Waals surface area contributed by atoms with Crippen LogP contribution in [0.2, 0.25) is 0 Å². The maximum Gasteiger partial charge on any atom is 0.243 e. The van der Waals surface area contributed by atoms with E-state index in [0.717, 1.165) is 36.4 Å². The molecule has 6 nitrogen and oxygen atoms in total. The van der Waals surface area contributed by atoms with E-state index in [1.807, 2.05) is 24.3 Å². The van der Waals surface area contributed by atoms with E-state index >= 15 is 0 Å². The van der Waals surface area contributed by atoms with Gasteiger partial charge in [0.05, 0.1) is 4.90 Å². The summed E-state index contributed by atoms with van der Waals surface area (Å²) in [5.41, 5.74) is 2.90. The first-order chi connectivity index (χ1) is 13.9. The summed E-state index contributed by atoms with van der Waals surface area (Å²) in [6, 6.07) is 11.2. The van der Waals surface area contributed by atoms with Crippen molar-refractivity contribution >= 4 is 21.2 Å². The summed E-state index contributed by atoms with van der Waals surface area (Å²) in [7, 11) is -3.49. The summed E-state index contributed by atoms with van der Waals surface area (Å²) in [5, 5.41) is 0.